The largest absolute Gasteiger partial charge is 0.497 e. The molecule has 5 nitrogen and oxygen atoms in total. The molecule has 1 aliphatic rings. The fourth-order valence-electron chi connectivity index (χ4n) is 2.20. The molecule has 2 aromatic rings. The van der Waals surface area contributed by atoms with Crippen molar-refractivity contribution in [2.45, 2.75) is 0 Å². The zero-order chi connectivity index (χ0) is 16.4. The summed E-state index contributed by atoms with van der Waals surface area (Å²) in [6.45, 7) is 0. The first-order chi connectivity index (χ1) is 11.1. The highest BCUT2D eigenvalue weighted by Gasteiger charge is 2.34. The SMILES string of the molecule is COc1ccc(/C=C2\C(=O)NN(c3ccc(F)cc3)C2=O)cc1. The van der Waals surface area contributed by atoms with Gasteiger partial charge < -0.3 is 4.74 Å². The van der Waals surface area contributed by atoms with E-state index in [2.05, 4.69) is 5.43 Å². The minimum atomic E-state index is -0.504. The Balaban J connectivity index is 1.88. The number of methoxy groups -OCH3 is 1. The molecule has 1 N–H and O–H groups in total. The van der Waals surface area contributed by atoms with Crippen molar-refractivity contribution in [1.29, 1.82) is 0 Å². The third-order valence-corrected chi connectivity index (χ3v) is 3.40. The number of amides is 2. The second-order valence-corrected chi connectivity index (χ2v) is 4.89. The molecule has 0 saturated carbocycles. The van der Waals surface area contributed by atoms with Crippen molar-refractivity contribution in [3.05, 3.63) is 65.5 Å². The first-order valence-corrected chi connectivity index (χ1v) is 6.85. The maximum atomic E-state index is 13.0. The van der Waals surface area contributed by atoms with Gasteiger partial charge in [0.05, 0.1) is 12.8 Å². The van der Waals surface area contributed by atoms with E-state index in [4.69, 9.17) is 4.74 Å². The Labute approximate surface area is 131 Å². The summed E-state index contributed by atoms with van der Waals surface area (Å²) in [5.74, 6) is -0.726. The van der Waals surface area contributed by atoms with Crippen LogP contribution in [0.4, 0.5) is 10.1 Å². The summed E-state index contributed by atoms with van der Waals surface area (Å²) in [4.78, 5) is 24.4. The van der Waals surface area contributed by atoms with E-state index in [0.717, 1.165) is 5.01 Å². The zero-order valence-electron chi connectivity index (χ0n) is 12.2. The maximum absolute atomic E-state index is 13.0. The molecule has 0 aliphatic carbocycles. The molecule has 6 heteroatoms. The first kappa shape index (κ1) is 14.8. The lowest BCUT2D eigenvalue weighted by molar-refractivity contribution is -0.117. The predicted octanol–water partition coefficient (Wildman–Crippen LogP) is 2.30. The van der Waals surface area contributed by atoms with Crippen molar-refractivity contribution in [2.24, 2.45) is 0 Å². The summed E-state index contributed by atoms with van der Waals surface area (Å²) < 4.78 is 18.0. The van der Waals surface area contributed by atoms with Crippen LogP contribution in [0.15, 0.2) is 54.1 Å². The first-order valence-electron chi connectivity index (χ1n) is 6.85. The summed E-state index contributed by atoms with van der Waals surface area (Å²) in [6, 6.07) is 12.2. The second-order valence-electron chi connectivity index (χ2n) is 4.89. The van der Waals surface area contributed by atoms with Crippen molar-refractivity contribution >= 4 is 23.6 Å². The van der Waals surface area contributed by atoms with E-state index < -0.39 is 17.6 Å². The van der Waals surface area contributed by atoms with E-state index in [1.54, 1.807) is 31.4 Å². The van der Waals surface area contributed by atoms with E-state index in [-0.39, 0.29) is 5.57 Å². The fourth-order valence-corrected chi connectivity index (χ4v) is 2.20. The van der Waals surface area contributed by atoms with Crippen LogP contribution < -0.4 is 15.2 Å². The number of ether oxygens (including phenoxy) is 1. The summed E-state index contributed by atoms with van der Waals surface area (Å²) >= 11 is 0. The van der Waals surface area contributed by atoms with Crippen molar-refractivity contribution in [3.63, 3.8) is 0 Å². The van der Waals surface area contributed by atoms with Gasteiger partial charge in [-0.1, -0.05) is 12.1 Å². The number of halogens is 1. The quantitative estimate of drug-likeness (QED) is 0.699. The van der Waals surface area contributed by atoms with Crippen molar-refractivity contribution in [1.82, 2.24) is 5.43 Å². The molecule has 1 heterocycles. The molecule has 1 fully saturated rings. The monoisotopic (exact) mass is 312 g/mol. The van der Waals surface area contributed by atoms with Gasteiger partial charge in [0.15, 0.2) is 0 Å². The lowest BCUT2D eigenvalue weighted by Crippen LogP contribution is -2.35. The molecule has 0 atom stereocenters. The second kappa shape index (κ2) is 5.92. The summed E-state index contributed by atoms with van der Waals surface area (Å²) in [7, 11) is 1.56. The van der Waals surface area contributed by atoms with Gasteiger partial charge in [-0.05, 0) is 48.0 Å². The molecule has 0 bridgehead atoms. The average molecular weight is 312 g/mol. The Hall–Kier alpha value is -3.15. The summed E-state index contributed by atoms with van der Waals surface area (Å²) in [6.07, 6.45) is 1.50. The van der Waals surface area contributed by atoms with E-state index in [0.29, 0.717) is 17.0 Å². The van der Waals surface area contributed by atoms with Crippen LogP contribution in [-0.4, -0.2) is 18.9 Å². The van der Waals surface area contributed by atoms with E-state index in [1.807, 2.05) is 0 Å². The van der Waals surface area contributed by atoms with Gasteiger partial charge in [0.2, 0.25) is 0 Å². The maximum Gasteiger partial charge on any atom is 0.282 e. The molecule has 0 radical (unpaired) electrons. The van der Waals surface area contributed by atoms with Gasteiger partial charge in [-0.25, -0.2) is 9.40 Å². The molecule has 0 unspecified atom stereocenters. The molecule has 2 aromatic carbocycles. The molecule has 3 rings (SSSR count). The van der Waals surface area contributed by atoms with Crippen LogP contribution >= 0.6 is 0 Å². The van der Waals surface area contributed by atoms with Crippen LogP contribution in [0.25, 0.3) is 6.08 Å². The van der Waals surface area contributed by atoms with Gasteiger partial charge in [0.1, 0.15) is 17.1 Å². The zero-order valence-corrected chi connectivity index (χ0v) is 12.2. The average Bonchev–Trinajstić information content (AvgIpc) is 2.84. The van der Waals surface area contributed by atoms with Crippen LogP contribution in [0.2, 0.25) is 0 Å². The Kier molecular flexibility index (Phi) is 3.80. The smallest absolute Gasteiger partial charge is 0.282 e. The van der Waals surface area contributed by atoms with E-state index in [9.17, 15) is 14.0 Å². The number of carbonyl (C=O) groups is 2. The molecule has 0 aromatic heterocycles. The Morgan fingerprint density at radius 2 is 1.70 bits per heavy atom. The van der Waals surface area contributed by atoms with Gasteiger partial charge in [-0.2, -0.15) is 0 Å². The number of rotatable bonds is 3. The van der Waals surface area contributed by atoms with Crippen molar-refractivity contribution in [2.75, 3.05) is 12.1 Å². The highest BCUT2D eigenvalue weighted by Crippen LogP contribution is 2.22. The highest BCUT2D eigenvalue weighted by molar-refractivity contribution is 6.31. The summed E-state index contributed by atoms with van der Waals surface area (Å²) in [5.41, 5.74) is 3.57. The standard InChI is InChI=1S/C17H13FN2O3/c1-23-14-8-2-11(3-9-14)10-15-16(21)19-20(17(15)22)13-6-4-12(18)5-7-13/h2-10H,1H3,(H,19,21)/b15-10+. The number of benzene rings is 2. The summed E-state index contributed by atoms with van der Waals surface area (Å²) in [5, 5.41) is 1.09. The van der Waals surface area contributed by atoms with Crippen LogP contribution in [-0.2, 0) is 9.59 Å². The van der Waals surface area contributed by atoms with Gasteiger partial charge in [-0.15, -0.1) is 0 Å². The molecule has 116 valence electrons. The number of nitrogens with zero attached hydrogens (tertiary/aromatic N) is 1. The fraction of sp³-hybridized carbons (Fsp3) is 0.0588. The lowest BCUT2D eigenvalue weighted by Gasteiger charge is -2.14. The van der Waals surface area contributed by atoms with Crippen LogP contribution in [0.1, 0.15) is 5.56 Å². The Bertz CT molecular complexity index is 782. The Morgan fingerprint density at radius 3 is 2.30 bits per heavy atom. The van der Waals surface area contributed by atoms with E-state index in [1.165, 1.54) is 30.3 Å². The third kappa shape index (κ3) is 2.91. The third-order valence-electron chi connectivity index (χ3n) is 3.40. The van der Waals surface area contributed by atoms with Crippen molar-refractivity contribution in [3.8, 4) is 5.75 Å². The van der Waals surface area contributed by atoms with E-state index >= 15 is 0 Å². The number of anilines is 1. The molecule has 23 heavy (non-hydrogen) atoms. The molecule has 0 spiro atoms. The number of carbonyl (C=O) groups excluding carboxylic acids is 2. The van der Waals surface area contributed by atoms with Crippen LogP contribution in [0.3, 0.4) is 0 Å². The lowest BCUT2D eigenvalue weighted by atomic mass is 10.1. The van der Waals surface area contributed by atoms with Gasteiger partial charge >= 0.3 is 0 Å². The molecule has 1 aliphatic heterocycles. The number of nitrogens with one attached hydrogen (secondary N) is 1. The van der Waals surface area contributed by atoms with Crippen LogP contribution in [0.5, 0.6) is 5.75 Å². The molecule has 2 amide bonds. The van der Waals surface area contributed by atoms with Crippen molar-refractivity contribution < 1.29 is 18.7 Å². The Morgan fingerprint density at radius 1 is 1.04 bits per heavy atom. The molecular weight excluding hydrogens is 299 g/mol. The highest BCUT2D eigenvalue weighted by atomic mass is 19.1. The minimum absolute atomic E-state index is 0.0134. The molecular formula is C17H13FN2O3. The minimum Gasteiger partial charge on any atom is -0.497 e. The number of hydrazine groups is 1. The van der Waals surface area contributed by atoms with Gasteiger partial charge in [-0.3, -0.25) is 15.0 Å². The number of hydrogen-bond donors (Lipinski definition) is 1. The normalized spacial score (nSPS) is 15.9. The van der Waals surface area contributed by atoms with Crippen LogP contribution in [0, 0.1) is 5.82 Å². The van der Waals surface area contributed by atoms with Gasteiger partial charge in [0.25, 0.3) is 11.8 Å². The number of hydrogen-bond acceptors (Lipinski definition) is 3. The van der Waals surface area contributed by atoms with Gasteiger partial charge in [0, 0.05) is 0 Å². The topological polar surface area (TPSA) is 58.6 Å². The predicted molar refractivity (Wildman–Crippen MR) is 83.0 cm³/mol. The molecule has 1 saturated heterocycles.